The second-order valence-corrected chi connectivity index (χ2v) is 2.20. The van der Waals surface area contributed by atoms with Crippen LogP contribution in [0, 0.1) is 11.3 Å². The van der Waals surface area contributed by atoms with Crippen LogP contribution >= 0.6 is 0 Å². The molecule has 4 nitrogen and oxygen atoms in total. The molecule has 0 saturated heterocycles. The van der Waals surface area contributed by atoms with Crippen molar-refractivity contribution < 1.29 is 4.79 Å². The minimum absolute atomic E-state index is 0.0528. The number of carbonyl (C=O) groups is 1. The maximum Gasteiger partial charge on any atom is 0.236 e. The summed E-state index contributed by atoms with van der Waals surface area (Å²) in [5, 5.41) is 13.6. The number of carbonyl (C=O) groups excluding carboxylic acids is 1. The zero-order valence-corrected chi connectivity index (χ0v) is 6.85. The molecule has 0 aliphatic heterocycles. The highest BCUT2D eigenvalue weighted by Gasteiger charge is 2.07. The Morgan fingerprint density at radius 3 is 2.82 bits per heavy atom. The van der Waals surface area contributed by atoms with E-state index in [1.807, 2.05) is 6.07 Å². The summed E-state index contributed by atoms with van der Waals surface area (Å²) < 4.78 is 0. The van der Waals surface area contributed by atoms with Gasteiger partial charge in [0.25, 0.3) is 0 Å². The Kier molecular flexibility index (Phi) is 5.13. The second-order valence-electron chi connectivity index (χ2n) is 2.20. The van der Waals surface area contributed by atoms with Gasteiger partial charge in [0.05, 0.1) is 12.1 Å². The monoisotopic (exact) mass is 155 g/mol. The van der Waals surface area contributed by atoms with Gasteiger partial charge in [0, 0.05) is 20.0 Å². The Morgan fingerprint density at radius 1 is 1.73 bits per heavy atom. The van der Waals surface area contributed by atoms with E-state index in [2.05, 4.69) is 10.6 Å². The average Bonchev–Trinajstić information content (AvgIpc) is 2.03. The Balaban J connectivity index is 3.45. The molecule has 0 aromatic rings. The van der Waals surface area contributed by atoms with Crippen LogP contribution in [0.25, 0.3) is 0 Å². The van der Waals surface area contributed by atoms with E-state index in [0.717, 1.165) is 0 Å². The van der Waals surface area contributed by atoms with Gasteiger partial charge in [0.2, 0.25) is 5.91 Å². The summed E-state index contributed by atoms with van der Waals surface area (Å²) in [5.41, 5.74) is 0. The van der Waals surface area contributed by atoms with E-state index in [4.69, 9.17) is 5.26 Å². The van der Waals surface area contributed by atoms with E-state index in [1.54, 1.807) is 14.0 Å². The average molecular weight is 155 g/mol. The molecule has 0 fully saturated rings. The van der Waals surface area contributed by atoms with Gasteiger partial charge in [-0.1, -0.05) is 0 Å². The zero-order valence-electron chi connectivity index (χ0n) is 6.85. The summed E-state index contributed by atoms with van der Waals surface area (Å²) in [4.78, 5) is 10.8. The quantitative estimate of drug-likeness (QED) is 0.544. The van der Waals surface area contributed by atoms with Crippen molar-refractivity contribution in [3.63, 3.8) is 0 Å². The van der Waals surface area contributed by atoms with Crippen molar-refractivity contribution in [1.82, 2.24) is 10.6 Å². The molecule has 1 amide bonds. The normalized spacial score (nSPS) is 11.7. The van der Waals surface area contributed by atoms with Crippen LogP contribution in [0.4, 0.5) is 0 Å². The summed E-state index contributed by atoms with van der Waals surface area (Å²) in [5.74, 6) is -0.0528. The van der Waals surface area contributed by atoms with Crippen LogP contribution in [-0.4, -0.2) is 25.5 Å². The van der Waals surface area contributed by atoms with Crippen LogP contribution in [0.15, 0.2) is 0 Å². The largest absolute Gasteiger partial charge is 0.358 e. The molecule has 0 rings (SSSR count). The Hall–Kier alpha value is -1.08. The summed E-state index contributed by atoms with van der Waals surface area (Å²) in [7, 11) is 1.59. The van der Waals surface area contributed by atoms with Crippen LogP contribution in [0.2, 0.25) is 0 Å². The molecule has 0 heterocycles. The molecule has 0 saturated carbocycles. The van der Waals surface area contributed by atoms with Gasteiger partial charge in [-0.3, -0.25) is 4.79 Å². The number of nitriles is 1. The van der Waals surface area contributed by atoms with Crippen LogP contribution in [0.1, 0.15) is 13.3 Å². The number of amides is 1. The van der Waals surface area contributed by atoms with Crippen molar-refractivity contribution in [1.29, 1.82) is 5.26 Å². The maximum absolute atomic E-state index is 10.8. The van der Waals surface area contributed by atoms with Gasteiger partial charge < -0.3 is 10.6 Å². The molecule has 62 valence electrons. The summed E-state index contributed by atoms with van der Waals surface area (Å²) >= 11 is 0. The molecule has 1 unspecified atom stereocenters. The predicted molar refractivity (Wildman–Crippen MR) is 41.8 cm³/mol. The highest BCUT2D eigenvalue weighted by Crippen LogP contribution is 1.81. The number of nitrogens with zero attached hydrogens (tertiary/aromatic N) is 1. The van der Waals surface area contributed by atoms with E-state index in [9.17, 15) is 4.79 Å². The number of hydrogen-bond acceptors (Lipinski definition) is 3. The Bertz CT molecular complexity index is 162. The molecule has 0 aromatic carbocycles. The zero-order chi connectivity index (χ0) is 8.69. The first-order chi connectivity index (χ1) is 5.22. The molecule has 2 N–H and O–H groups in total. The fraction of sp³-hybridized carbons (Fsp3) is 0.714. The second kappa shape index (κ2) is 5.69. The molecule has 4 heteroatoms. The van der Waals surface area contributed by atoms with Crippen molar-refractivity contribution in [2.75, 3.05) is 13.6 Å². The molecular weight excluding hydrogens is 142 g/mol. The third kappa shape index (κ3) is 4.34. The smallest absolute Gasteiger partial charge is 0.236 e. The summed E-state index contributed by atoms with van der Waals surface area (Å²) in [6.45, 7) is 2.32. The van der Waals surface area contributed by atoms with Crippen molar-refractivity contribution in [2.45, 2.75) is 19.4 Å². The first kappa shape index (κ1) is 9.92. The van der Waals surface area contributed by atoms with Crippen LogP contribution in [0.5, 0.6) is 0 Å². The van der Waals surface area contributed by atoms with Gasteiger partial charge >= 0.3 is 0 Å². The highest BCUT2D eigenvalue weighted by atomic mass is 16.2. The van der Waals surface area contributed by atoms with Crippen LogP contribution in [0.3, 0.4) is 0 Å². The van der Waals surface area contributed by atoms with E-state index < -0.39 is 0 Å². The van der Waals surface area contributed by atoms with Gasteiger partial charge in [-0.2, -0.15) is 5.26 Å². The molecule has 0 bridgehead atoms. The minimum atomic E-state index is -0.214. The number of nitrogens with one attached hydrogen (secondary N) is 2. The lowest BCUT2D eigenvalue weighted by molar-refractivity contribution is -0.122. The van der Waals surface area contributed by atoms with E-state index in [0.29, 0.717) is 13.0 Å². The van der Waals surface area contributed by atoms with Crippen molar-refractivity contribution in [2.24, 2.45) is 0 Å². The predicted octanol–water partition coefficient (Wildman–Crippen LogP) is -0.376. The van der Waals surface area contributed by atoms with Gasteiger partial charge in [-0.15, -0.1) is 0 Å². The molecule has 0 aliphatic carbocycles. The number of likely N-dealkylation sites (N-methyl/N-ethyl adjacent to an activating group) is 1. The summed E-state index contributed by atoms with van der Waals surface area (Å²) in [6, 6.07) is 1.77. The van der Waals surface area contributed by atoms with Crippen molar-refractivity contribution >= 4 is 5.91 Å². The highest BCUT2D eigenvalue weighted by molar-refractivity contribution is 5.80. The lowest BCUT2D eigenvalue weighted by atomic mass is 10.3. The number of hydrogen-bond donors (Lipinski definition) is 2. The molecular formula is C7H13N3O. The standard InChI is InChI=1S/C7H13N3O/c1-6(7(11)9-2)10-5-3-4-8/h6,10H,3,5H2,1-2H3,(H,9,11). The molecule has 11 heavy (non-hydrogen) atoms. The minimum Gasteiger partial charge on any atom is -0.358 e. The first-order valence-corrected chi connectivity index (χ1v) is 3.54. The SMILES string of the molecule is CNC(=O)C(C)NCCC#N. The van der Waals surface area contributed by atoms with Gasteiger partial charge in [-0.25, -0.2) is 0 Å². The van der Waals surface area contributed by atoms with E-state index >= 15 is 0 Å². The Morgan fingerprint density at radius 2 is 2.36 bits per heavy atom. The molecule has 0 spiro atoms. The topological polar surface area (TPSA) is 64.9 Å². The first-order valence-electron chi connectivity index (χ1n) is 3.54. The maximum atomic E-state index is 10.8. The van der Waals surface area contributed by atoms with Crippen LogP contribution in [-0.2, 0) is 4.79 Å². The van der Waals surface area contributed by atoms with Crippen LogP contribution < -0.4 is 10.6 Å². The molecule has 1 atom stereocenters. The fourth-order valence-electron chi connectivity index (χ4n) is 0.654. The summed E-state index contributed by atoms with van der Waals surface area (Å²) in [6.07, 6.45) is 0.432. The Labute approximate surface area is 66.6 Å². The van der Waals surface area contributed by atoms with Gasteiger partial charge in [0.1, 0.15) is 0 Å². The van der Waals surface area contributed by atoms with E-state index in [1.165, 1.54) is 0 Å². The third-order valence-electron chi connectivity index (χ3n) is 1.33. The van der Waals surface area contributed by atoms with E-state index in [-0.39, 0.29) is 11.9 Å². The number of rotatable bonds is 4. The lowest BCUT2D eigenvalue weighted by Crippen LogP contribution is -2.40. The molecule has 0 aliphatic rings. The van der Waals surface area contributed by atoms with Gasteiger partial charge in [0.15, 0.2) is 0 Å². The van der Waals surface area contributed by atoms with Crippen molar-refractivity contribution in [3.05, 3.63) is 0 Å². The van der Waals surface area contributed by atoms with Gasteiger partial charge in [-0.05, 0) is 6.92 Å². The fourth-order valence-corrected chi connectivity index (χ4v) is 0.654. The molecule has 0 radical (unpaired) electrons. The third-order valence-corrected chi connectivity index (χ3v) is 1.33. The van der Waals surface area contributed by atoms with Crippen molar-refractivity contribution in [3.8, 4) is 6.07 Å². The lowest BCUT2D eigenvalue weighted by Gasteiger charge is -2.09. The molecule has 0 aromatic heterocycles.